The van der Waals surface area contributed by atoms with E-state index in [1.165, 1.54) is 0 Å². The maximum Gasteiger partial charge on any atom is 0.196 e. The van der Waals surface area contributed by atoms with E-state index in [0.29, 0.717) is 0 Å². The fraction of sp³-hybridized carbons (Fsp3) is 0.0714. The molecule has 90 valence electrons. The summed E-state index contributed by atoms with van der Waals surface area (Å²) in [4.78, 5) is 15.4. The number of hydrogen-bond donors (Lipinski definition) is 0. The summed E-state index contributed by atoms with van der Waals surface area (Å²) in [6.45, 7) is 0. The molecule has 1 saturated heterocycles. The number of hydrogen-bond acceptors (Lipinski definition) is 4. The maximum absolute atomic E-state index is 12.2. The van der Waals surface area contributed by atoms with Gasteiger partial charge >= 0.3 is 0 Å². The van der Waals surface area contributed by atoms with Gasteiger partial charge in [-0.15, -0.1) is 34.4 Å². The molecule has 4 heteroatoms. The van der Waals surface area contributed by atoms with Gasteiger partial charge < -0.3 is 0 Å². The minimum Gasteiger partial charge on any atom is -0.288 e. The van der Waals surface area contributed by atoms with Crippen molar-refractivity contribution < 1.29 is 4.79 Å². The van der Waals surface area contributed by atoms with Crippen LogP contribution in [0.4, 0.5) is 0 Å². The van der Waals surface area contributed by atoms with Crippen LogP contribution in [0.2, 0.25) is 0 Å². The third kappa shape index (κ3) is 2.51. The number of ketones is 1. The van der Waals surface area contributed by atoms with E-state index in [0.717, 1.165) is 26.0 Å². The number of carbonyl (C=O) groups is 1. The maximum atomic E-state index is 12.2. The minimum atomic E-state index is 0.182. The van der Waals surface area contributed by atoms with Crippen LogP contribution in [0.3, 0.4) is 0 Å². The molecule has 18 heavy (non-hydrogen) atoms. The molecule has 0 radical (unpaired) electrons. The number of rotatable bonds is 2. The quantitative estimate of drug-likeness (QED) is 0.755. The Bertz CT molecular complexity index is 549. The normalized spacial score (nSPS) is 20.1. The Kier molecular flexibility index (Phi) is 3.50. The first kappa shape index (κ1) is 12.0. The minimum absolute atomic E-state index is 0.182. The molecule has 3 rings (SSSR count). The molecule has 0 spiro atoms. The summed E-state index contributed by atoms with van der Waals surface area (Å²) in [5.74, 6) is 0.968. The summed E-state index contributed by atoms with van der Waals surface area (Å²) in [7, 11) is 0. The highest BCUT2D eigenvalue weighted by molar-refractivity contribution is 8.05. The molecule has 2 aromatic heterocycles. The van der Waals surface area contributed by atoms with Crippen LogP contribution in [0.1, 0.15) is 9.75 Å². The summed E-state index contributed by atoms with van der Waals surface area (Å²) in [6, 6.07) is 8.08. The lowest BCUT2D eigenvalue weighted by Gasteiger charge is -1.92. The second-order valence-corrected chi connectivity index (χ2v) is 6.80. The second-order valence-electron chi connectivity index (χ2n) is 3.83. The van der Waals surface area contributed by atoms with E-state index in [2.05, 4.69) is 0 Å². The second kappa shape index (κ2) is 5.26. The molecule has 0 unspecified atom stereocenters. The third-order valence-electron chi connectivity index (χ3n) is 2.57. The molecule has 0 aromatic carbocycles. The lowest BCUT2D eigenvalue weighted by Crippen LogP contribution is -1.95. The highest BCUT2D eigenvalue weighted by Crippen LogP contribution is 2.34. The molecule has 0 saturated carbocycles. The number of allylic oxidation sites excluding steroid dienone is 1. The molecule has 0 atom stereocenters. The molecule has 0 bridgehead atoms. The van der Waals surface area contributed by atoms with E-state index in [-0.39, 0.29) is 5.78 Å². The third-order valence-corrected chi connectivity index (χ3v) is 5.28. The van der Waals surface area contributed by atoms with Gasteiger partial charge in [0.1, 0.15) is 0 Å². The summed E-state index contributed by atoms with van der Waals surface area (Å²) in [5, 5.41) is 4.06. The lowest BCUT2D eigenvalue weighted by atomic mass is 10.1. The van der Waals surface area contributed by atoms with Gasteiger partial charge in [-0.2, -0.15) is 0 Å². The van der Waals surface area contributed by atoms with Crippen LogP contribution >= 0.6 is 34.4 Å². The van der Waals surface area contributed by atoms with Crippen molar-refractivity contribution in [2.45, 2.75) is 0 Å². The predicted molar refractivity (Wildman–Crippen MR) is 82.1 cm³/mol. The van der Waals surface area contributed by atoms with E-state index in [9.17, 15) is 4.79 Å². The predicted octanol–water partition coefficient (Wildman–Crippen LogP) is 4.55. The topological polar surface area (TPSA) is 17.1 Å². The fourth-order valence-electron chi connectivity index (χ4n) is 1.71. The molecule has 3 heterocycles. The van der Waals surface area contributed by atoms with Gasteiger partial charge in [0.05, 0.1) is 4.91 Å². The standard InChI is InChI=1S/C14H10OS3/c15-14-10(7-11-3-1-5-16-11)9-18-13(14)8-12-4-2-6-17-12/h1-8H,9H2/b10-7+,13-8-. The molecular formula is C14H10OS3. The van der Waals surface area contributed by atoms with E-state index in [1.807, 2.05) is 47.2 Å². The van der Waals surface area contributed by atoms with Gasteiger partial charge in [-0.3, -0.25) is 4.79 Å². The van der Waals surface area contributed by atoms with Crippen molar-refractivity contribution in [2.24, 2.45) is 0 Å². The van der Waals surface area contributed by atoms with Gasteiger partial charge in [-0.1, -0.05) is 12.1 Å². The molecule has 1 aliphatic rings. The van der Waals surface area contributed by atoms with Gasteiger partial charge in [0.15, 0.2) is 5.78 Å². The van der Waals surface area contributed by atoms with Gasteiger partial charge in [0.2, 0.25) is 0 Å². The van der Waals surface area contributed by atoms with Crippen LogP contribution in [0.5, 0.6) is 0 Å². The van der Waals surface area contributed by atoms with Crippen molar-refractivity contribution >= 4 is 52.4 Å². The van der Waals surface area contributed by atoms with Crippen LogP contribution in [0.15, 0.2) is 45.5 Å². The Hall–Kier alpha value is -1.10. The zero-order chi connectivity index (χ0) is 12.4. The number of thioether (sulfide) groups is 1. The fourth-order valence-corrected chi connectivity index (χ4v) is 4.12. The smallest absolute Gasteiger partial charge is 0.196 e. The van der Waals surface area contributed by atoms with Crippen LogP contribution in [0.25, 0.3) is 12.2 Å². The number of carbonyl (C=O) groups excluding carboxylic acids is 1. The Balaban J connectivity index is 1.85. The Morgan fingerprint density at radius 3 is 2.28 bits per heavy atom. The average molecular weight is 290 g/mol. The molecule has 1 aliphatic heterocycles. The summed E-state index contributed by atoms with van der Waals surface area (Å²) >= 11 is 4.96. The first-order valence-corrected chi connectivity index (χ1v) is 8.24. The van der Waals surface area contributed by atoms with Crippen molar-refractivity contribution in [1.82, 2.24) is 0 Å². The van der Waals surface area contributed by atoms with Crippen molar-refractivity contribution in [3.63, 3.8) is 0 Å². The number of Topliss-reactive ketones (excluding diaryl/α,β-unsaturated/α-hetero) is 1. The highest BCUT2D eigenvalue weighted by atomic mass is 32.2. The average Bonchev–Trinajstić information content (AvgIpc) is 3.08. The molecular weight excluding hydrogens is 280 g/mol. The molecule has 2 aromatic rings. The van der Waals surface area contributed by atoms with Crippen molar-refractivity contribution in [3.05, 3.63) is 55.3 Å². The van der Waals surface area contributed by atoms with E-state index < -0.39 is 0 Å². The van der Waals surface area contributed by atoms with Crippen LogP contribution in [-0.4, -0.2) is 11.5 Å². The zero-order valence-corrected chi connectivity index (χ0v) is 11.9. The van der Waals surface area contributed by atoms with Gasteiger partial charge in [-0.05, 0) is 35.0 Å². The molecule has 0 aliphatic carbocycles. The molecule has 0 N–H and O–H groups in total. The Labute approximate surface area is 118 Å². The first-order valence-electron chi connectivity index (χ1n) is 5.50. The zero-order valence-electron chi connectivity index (χ0n) is 9.46. The monoisotopic (exact) mass is 290 g/mol. The summed E-state index contributed by atoms with van der Waals surface area (Å²) < 4.78 is 0. The molecule has 1 nitrogen and oxygen atoms in total. The van der Waals surface area contributed by atoms with Crippen LogP contribution in [0, 0.1) is 0 Å². The van der Waals surface area contributed by atoms with E-state index in [4.69, 9.17) is 0 Å². The first-order chi connectivity index (χ1) is 8.83. The lowest BCUT2D eigenvalue weighted by molar-refractivity contribution is -0.111. The Morgan fingerprint density at radius 2 is 1.67 bits per heavy atom. The number of thiophene rings is 2. The SMILES string of the molecule is O=C1/C(=C/c2cccs2)CS/C1=C\c1cccs1. The van der Waals surface area contributed by atoms with E-state index >= 15 is 0 Å². The van der Waals surface area contributed by atoms with E-state index in [1.54, 1.807) is 34.4 Å². The van der Waals surface area contributed by atoms with Crippen molar-refractivity contribution in [2.75, 3.05) is 5.75 Å². The molecule has 0 amide bonds. The molecule has 1 fully saturated rings. The van der Waals surface area contributed by atoms with Gasteiger partial charge in [0, 0.05) is 21.1 Å². The highest BCUT2D eigenvalue weighted by Gasteiger charge is 2.23. The van der Waals surface area contributed by atoms with Crippen molar-refractivity contribution in [1.29, 1.82) is 0 Å². The largest absolute Gasteiger partial charge is 0.288 e. The summed E-state index contributed by atoms with van der Waals surface area (Å²) in [5.41, 5.74) is 0.908. The van der Waals surface area contributed by atoms with Crippen LogP contribution < -0.4 is 0 Å². The van der Waals surface area contributed by atoms with Gasteiger partial charge in [0.25, 0.3) is 0 Å². The Morgan fingerprint density at radius 1 is 1.00 bits per heavy atom. The van der Waals surface area contributed by atoms with Gasteiger partial charge in [-0.25, -0.2) is 0 Å². The van der Waals surface area contributed by atoms with Crippen LogP contribution in [-0.2, 0) is 4.79 Å². The van der Waals surface area contributed by atoms with Crippen molar-refractivity contribution in [3.8, 4) is 0 Å². The summed E-state index contributed by atoms with van der Waals surface area (Å²) in [6.07, 6.45) is 4.00.